The molecule has 126 valence electrons. The van der Waals surface area contributed by atoms with Crippen molar-refractivity contribution >= 4 is 23.4 Å². The van der Waals surface area contributed by atoms with Crippen LogP contribution in [0.5, 0.6) is 5.75 Å². The summed E-state index contributed by atoms with van der Waals surface area (Å²) in [6.45, 7) is 2.22. The van der Waals surface area contributed by atoms with E-state index in [4.69, 9.17) is 4.74 Å². The molecule has 0 aliphatic carbocycles. The minimum Gasteiger partial charge on any atom is -0.489 e. The number of rotatable bonds is 5. The van der Waals surface area contributed by atoms with E-state index in [2.05, 4.69) is 10.6 Å². The number of anilines is 1. The summed E-state index contributed by atoms with van der Waals surface area (Å²) < 4.78 is 18.8. The van der Waals surface area contributed by atoms with Gasteiger partial charge in [-0.15, -0.1) is 11.8 Å². The predicted molar refractivity (Wildman–Crippen MR) is 94.8 cm³/mol. The highest BCUT2D eigenvalue weighted by Gasteiger charge is 2.22. The van der Waals surface area contributed by atoms with Crippen molar-refractivity contribution < 1.29 is 13.9 Å². The van der Waals surface area contributed by atoms with Gasteiger partial charge in [0.25, 0.3) is 0 Å². The first-order valence-corrected chi connectivity index (χ1v) is 8.87. The number of ether oxygens (including phenoxy) is 1. The van der Waals surface area contributed by atoms with E-state index in [0.29, 0.717) is 12.4 Å². The van der Waals surface area contributed by atoms with E-state index in [9.17, 15) is 9.18 Å². The molecule has 0 spiro atoms. The molecule has 0 bridgehead atoms. The van der Waals surface area contributed by atoms with Crippen molar-refractivity contribution in [2.45, 2.75) is 19.6 Å². The van der Waals surface area contributed by atoms with Crippen molar-refractivity contribution in [2.24, 2.45) is 0 Å². The monoisotopic (exact) mass is 346 g/mol. The molecule has 2 aromatic carbocycles. The predicted octanol–water partition coefficient (Wildman–Crippen LogP) is 3.31. The molecule has 1 saturated heterocycles. The van der Waals surface area contributed by atoms with Crippen LogP contribution in [-0.2, 0) is 11.4 Å². The number of hydrogen-bond acceptors (Lipinski definition) is 4. The zero-order chi connectivity index (χ0) is 16.9. The molecule has 2 N–H and O–H groups in total. The van der Waals surface area contributed by atoms with E-state index >= 15 is 0 Å². The van der Waals surface area contributed by atoms with Crippen molar-refractivity contribution in [1.29, 1.82) is 0 Å². The first-order chi connectivity index (χ1) is 11.6. The molecule has 0 aromatic heterocycles. The van der Waals surface area contributed by atoms with Gasteiger partial charge in [0.05, 0.1) is 6.04 Å². The summed E-state index contributed by atoms with van der Waals surface area (Å²) in [6.07, 6.45) is 0. The van der Waals surface area contributed by atoms with Crippen LogP contribution in [0.4, 0.5) is 10.1 Å². The molecule has 0 unspecified atom stereocenters. The van der Waals surface area contributed by atoms with E-state index in [-0.39, 0.29) is 17.8 Å². The van der Waals surface area contributed by atoms with Crippen LogP contribution in [0.2, 0.25) is 0 Å². The van der Waals surface area contributed by atoms with Crippen LogP contribution in [0, 0.1) is 12.7 Å². The highest BCUT2D eigenvalue weighted by atomic mass is 32.2. The molecule has 24 heavy (non-hydrogen) atoms. The highest BCUT2D eigenvalue weighted by molar-refractivity contribution is 7.99. The second kappa shape index (κ2) is 7.68. The van der Waals surface area contributed by atoms with Gasteiger partial charge in [-0.1, -0.05) is 12.1 Å². The molecule has 6 heteroatoms. The normalized spacial score (nSPS) is 16.8. The fourth-order valence-corrected chi connectivity index (χ4v) is 3.38. The van der Waals surface area contributed by atoms with Crippen molar-refractivity contribution in [3.8, 4) is 5.75 Å². The molecular formula is C18H19FN2O2S. The fourth-order valence-electron chi connectivity index (χ4n) is 2.44. The highest BCUT2D eigenvalue weighted by Crippen LogP contribution is 2.23. The van der Waals surface area contributed by atoms with E-state index in [1.165, 1.54) is 12.1 Å². The van der Waals surface area contributed by atoms with Crippen LogP contribution < -0.4 is 15.4 Å². The van der Waals surface area contributed by atoms with Crippen molar-refractivity contribution in [2.75, 3.05) is 16.9 Å². The first-order valence-electron chi connectivity index (χ1n) is 7.72. The van der Waals surface area contributed by atoms with Crippen LogP contribution in [0.25, 0.3) is 0 Å². The Labute approximate surface area is 144 Å². The number of carbonyl (C=O) groups excluding carboxylic acids is 1. The summed E-state index contributed by atoms with van der Waals surface area (Å²) in [7, 11) is 0. The fraction of sp³-hybridized carbons (Fsp3) is 0.278. The number of amides is 1. The Bertz CT molecular complexity index is 733. The summed E-state index contributed by atoms with van der Waals surface area (Å²) in [5.74, 6) is 1.99. The average molecular weight is 346 g/mol. The summed E-state index contributed by atoms with van der Waals surface area (Å²) in [5, 5.41) is 6.09. The summed E-state index contributed by atoms with van der Waals surface area (Å²) in [4.78, 5) is 12.1. The lowest BCUT2D eigenvalue weighted by Crippen LogP contribution is -2.37. The van der Waals surface area contributed by atoms with Crippen LogP contribution >= 0.6 is 11.8 Å². The summed E-state index contributed by atoms with van der Waals surface area (Å²) >= 11 is 1.71. The molecule has 1 aliphatic heterocycles. The van der Waals surface area contributed by atoms with E-state index < -0.39 is 0 Å². The first kappa shape index (κ1) is 16.8. The molecule has 2 aromatic rings. The Kier molecular flexibility index (Phi) is 5.37. The maximum atomic E-state index is 13.2. The van der Waals surface area contributed by atoms with E-state index in [0.717, 1.165) is 28.4 Å². The number of aryl methyl sites for hydroxylation is 1. The smallest absolute Gasteiger partial charge is 0.242 e. The van der Waals surface area contributed by atoms with Gasteiger partial charge in [0.2, 0.25) is 5.91 Å². The van der Waals surface area contributed by atoms with Crippen LogP contribution in [0.3, 0.4) is 0 Å². The molecule has 0 radical (unpaired) electrons. The summed E-state index contributed by atoms with van der Waals surface area (Å²) in [5.41, 5.74) is 2.47. The van der Waals surface area contributed by atoms with Gasteiger partial charge in [-0.05, 0) is 48.4 Å². The van der Waals surface area contributed by atoms with E-state index in [1.54, 1.807) is 23.9 Å². The molecule has 1 heterocycles. The third-order valence-electron chi connectivity index (χ3n) is 3.78. The SMILES string of the molecule is Cc1cc(OCc2cccc(F)c2)ccc1NC(=O)[C@@H]1CSCN1. The van der Waals surface area contributed by atoms with E-state index in [1.807, 2.05) is 25.1 Å². The lowest BCUT2D eigenvalue weighted by Gasteiger charge is -2.14. The van der Waals surface area contributed by atoms with Crippen LogP contribution in [-0.4, -0.2) is 23.6 Å². The molecule has 3 rings (SSSR count). The van der Waals surface area contributed by atoms with Crippen molar-refractivity contribution in [3.05, 3.63) is 59.4 Å². The average Bonchev–Trinajstić information content (AvgIpc) is 3.10. The zero-order valence-electron chi connectivity index (χ0n) is 13.3. The van der Waals surface area contributed by atoms with Crippen molar-refractivity contribution in [3.63, 3.8) is 0 Å². The molecule has 1 fully saturated rings. The van der Waals surface area contributed by atoms with Crippen LogP contribution in [0.15, 0.2) is 42.5 Å². The Morgan fingerprint density at radius 2 is 2.25 bits per heavy atom. The minimum absolute atomic E-state index is 0.0171. The summed E-state index contributed by atoms with van der Waals surface area (Å²) in [6, 6.07) is 11.7. The Hall–Kier alpha value is -2.05. The Morgan fingerprint density at radius 1 is 1.38 bits per heavy atom. The maximum absolute atomic E-state index is 13.2. The van der Waals surface area contributed by atoms with Gasteiger partial charge in [0, 0.05) is 17.3 Å². The quantitative estimate of drug-likeness (QED) is 0.872. The lowest BCUT2D eigenvalue weighted by atomic mass is 10.1. The second-order valence-electron chi connectivity index (χ2n) is 5.66. The van der Waals surface area contributed by atoms with Gasteiger partial charge in [0.1, 0.15) is 18.2 Å². The molecule has 1 atom stereocenters. The van der Waals surface area contributed by atoms with Crippen LogP contribution in [0.1, 0.15) is 11.1 Å². The standard InChI is InChI=1S/C18H19FN2O2S/c1-12-7-15(23-9-13-3-2-4-14(19)8-13)5-6-16(12)21-18(22)17-10-24-11-20-17/h2-8,17,20H,9-11H2,1H3,(H,21,22)/t17-/m0/s1. The number of thioether (sulfide) groups is 1. The van der Waals surface area contributed by atoms with Gasteiger partial charge in [-0.3, -0.25) is 10.1 Å². The van der Waals surface area contributed by atoms with Gasteiger partial charge in [-0.25, -0.2) is 4.39 Å². The molecule has 1 amide bonds. The topological polar surface area (TPSA) is 50.4 Å². The lowest BCUT2D eigenvalue weighted by molar-refractivity contribution is -0.117. The zero-order valence-corrected chi connectivity index (χ0v) is 14.2. The number of halogens is 1. The molecule has 0 saturated carbocycles. The number of carbonyl (C=O) groups is 1. The number of hydrogen-bond donors (Lipinski definition) is 2. The second-order valence-corrected chi connectivity index (χ2v) is 6.69. The number of nitrogens with one attached hydrogen (secondary N) is 2. The van der Waals surface area contributed by atoms with Crippen molar-refractivity contribution in [1.82, 2.24) is 5.32 Å². The van der Waals surface area contributed by atoms with Gasteiger partial charge < -0.3 is 10.1 Å². The molecule has 4 nitrogen and oxygen atoms in total. The maximum Gasteiger partial charge on any atom is 0.242 e. The third-order valence-corrected chi connectivity index (χ3v) is 4.72. The number of benzene rings is 2. The van der Waals surface area contributed by atoms with Gasteiger partial charge in [0.15, 0.2) is 0 Å². The minimum atomic E-state index is -0.274. The molecular weight excluding hydrogens is 327 g/mol. The largest absolute Gasteiger partial charge is 0.489 e. The van der Waals surface area contributed by atoms with Gasteiger partial charge >= 0.3 is 0 Å². The Morgan fingerprint density at radius 3 is 2.96 bits per heavy atom. The Balaban J connectivity index is 1.60. The molecule has 1 aliphatic rings. The van der Waals surface area contributed by atoms with Gasteiger partial charge in [-0.2, -0.15) is 0 Å². The third kappa shape index (κ3) is 4.27.